The number of carbonyl (C=O) groups is 1. The van der Waals surface area contributed by atoms with Crippen LogP contribution in [0.1, 0.15) is 49.8 Å². The highest BCUT2D eigenvalue weighted by Gasteiger charge is 2.26. The zero-order valence-electron chi connectivity index (χ0n) is 11.9. The van der Waals surface area contributed by atoms with Gasteiger partial charge in [-0.25, -0.2) is 0 Å². The number of amides is 1. The van der Waals surface area contributed by atoms with Gasteiger partial charge in [-0.05, 0) is 37.8 Å². The van der Waals surface area contributed by atoms with E-state index in [0.29, 0.717) is 12.5 Å². The van der Waals surface area contributed by atoms with Crippen molar-refractivity contribution in [2.45, 2.75) is 51.0 Å². The smallest absolute Gasteiger partial charge is 0.228 e. The molecule has 1 fully saturated rings. The van der Waals surface area contributed by atoms with Crippen LogP contribution in [0.3, 0.4) is 0 Å². The van der Waals surface area contributed by atoms with E-state index in [9.17, 15) is 4.79 Å². The molecule has 0 saturated heterocycles. The summed E-state index contributed by atoms with van der Waals surface area (Å²) in [4.78, 5) is 13.4. The van der Waals surface area contributed by atoms with Crippen LogP contribution in [0.25, 0.3) is 0 Å². The zero-order chi connectivity index (χ0) is 14.5. The van der Waals surface area contributed by atoms with Gasteiger partial charge in [-0.2, -0.15) is 0 Å². The summed E-state index contributed by atoms with van der Waals surface area (Å²) < 4.78 is 0.724. The van der Waals surface area contributed by atoms with E-state index in [2.05, 4.69) is 5.32 Å². The van der Waals surface area contributed by atoms with Crippen LogP contribution in [0.15, 0.2) is 12.1 Å². The molecule has 5 heteroatoms. The Morgan fingerprint density at radius 2 is 2.15 bits per heavy atom. The molecule has 1 amide bonds. The van der Waals surface area contributed by atoms with Gasteiger partial charge in [-0.1, -0.05) is 30.9 Å². The molecule has 3 N–H and O–H groups in total. The highest BCUT2D eigenvalue weighted by atomic mass is 35.5. The monoisotopic (exact) mass is 314 g/mol. The molecular weight excluding hydrogens is 292 g/mol. The number of hydrogen-bond donors (Lipinski definition) is 2. The molecule has 0 aliphatic heterocycles. The van der Waals surface area contributed by atoms with Crippen LogP contribution in [0.4, 0.5) is 0 Å². The van der Waals surface area contributed by atoms with Gasteiger partial charge in [-0.15, -0.1) is 11.3 Å². The third kappa shape index (κ3) is 3.96. The molecule has 1 aliphatic carbocycles. The van der Waals surface area contributed by atoms with Gasteiger partial charge in [0.05, 0.1) is 10.3 Å². The Bertz CT molecular complexity index is 443. The number of carbonyl (C=O) groups excluding carboxylic acids is 1. The summed E-state index contributed by atoms with van der Waals surface area (Å²) in [6, 6.07) is 3.88. The molecule has 2 unspecified atom stereocenters. The summed E-state index contributed by atoms with van der Waals surface area (Å²) in [5.74, 6) is 0.437. The van der Waals surface area contributed by atoms with E-state index < -0.39 is 0 Å². The number of rotatable bonds is 5. The Hall–Kier alpha value is -0.580. The van der Waals surface area contributed by atoms with Gasteiger partial charge in [0, 0.05) is 17.5 Å². The Balaban J connectivity index is 1.94. The van der Waals surface area contributed by atoms with E-state index in [1.165, 1.54) is 43.4 Å². The average Bonchev–Trinajstić information content (AvgIpc) is 2.91. The lowest BCUT2D eigenvalue weighted by Crippen LogP contribution is -2.47. The van der Waals surface area contributed by atoms with Crippen molar-refractivity contribution in [1.82, 2.24) is 5.32 Å². The zero-order valence-corrected chi connectivity index (χ0v) is 13.5. The molecule has 0 bridgehead atoms. The molecule has 0 spiro atoms. The van der Waals surface area contributed by atoms with E-state index in [0.717, 1.165) is 9.21 Å². The molecule has 1 aliphatic rings. The number of hydrogen-bond acceptors (Lipinski definition) is 3. The first-order valence-corrected chi connectivity index (χ1v) is 8.57. The fourth-order valence-electron chi connectivity index (χ4n) is 2.90. The summed E-state index contributed by atoms with van der Waals surface area (Å²) in [6.45, 7) is 2.44. The number of nitrogens with two attached hydrogens (primary N) is 1. The fourth-order valence-corrected chi connectivity index (χ4v) is 4.02. The lowest BCUT2D eigenvalue weighted by Gasteiger charge is -2.30. The maximum atomic E-state index is 12.4. The van der Waals surface area contributed by atoms with Crippen molar-refractivity contribution in [2.75, 3.05) is 6.54 Å². The van der Waals surface area contributed by atoms with Crippen LogP contribution in [0.5, 0.6) is 0 Å². The lowest BCUT2D eigenvalue weighted by atomic mass is 9.83. The molecule has 20 heavy (non-hydrogen) atoms. The van der Waals surface area contributed by atoms with Crippen LogP contribution >= 0.6 is 22.9 Å². The Labute approximate surface area is 129 Å². The van der Waals surface area contributed by atoms with Crippen molar-refractivity contribution in [3.05, 3.63) is 21.3 Å². The largest absolute Gasteiger partial charge is 0.351 e. The summed E-state index contributed by atoms with van der Waals surface area (Å²) in [6.07, 6.45) is 6.19. The minimum atomic E-state index is -0.162. The van der Waals surface area contributed by atoms with Crippen LogP contribution in [0.2, 0.25) is 4.34 Å². The third-order valence-corrected chi connectivity index (χ3v) is 5.63. The quantitative estimate of drug-likeness (QED) is 0.873. The Kier molecular flexibility index (Phi) is 5.87. The standard InChI is InChI=1S/C15H23ClN2OS/c1-10(13-7-8-14(16)20-13)15(19)18-12(9-17)11-5-3-2-4-6-11/h7-8,10-12H,2-6,9,17H2,1H3,(H,18,19). The molecular formula is C15H23ClN2OS. The van der Waals surface area contributed by atoms with Crippen molar-refractivity contribution < 1.29 is 4.79 Å². The maximum absolute atomic E-state index is 12.4. The molecule has 1 heterocycles. The van der Waals surface area contributed by atoms with Crippen LogP contribution in [-0.4, -0.2) is 18.5 Å². The summed E-state index contributed by atoms with van der Waals surface area (Å²) in [5.41, 5.74) is 5.86. The van der Waals surface area contributed by atoms with Gasteiger partial charge in [-0.3, -0.25) is 4.79 Å². The fraction of sp³-hybridized carbons (Fsp3) is 0.667. The molecule has 1 aromatic heterocycles. The number of halogens is 1. The average molecular weight is 315 g/mol. The first-order valence-electron chi connectivity index (χ1n) is 7.37. The summed E-state index contributed by atoms with van der Waals surface area (Å²) in [5, 5.41) is 3.14. The van der Waals surface area contributed by atoms with Gasteiger partial charge in [0.1, 0.15) is 0 Å². The molecule has 0 radical (unpaired) electrons. The SMILES string of the molecule is CC(C(=O)NC(CN)C1CCCCC1)c1ccc(Cl)s1. The molecule has 112 valence electrons. The maximum Gasteiger partial charge on any atom is 0.228 e. The van der Waals surface area contributed by atoms with Crippen molar-refractivity contribution in [3.8, 4) is 0 Å². The van der Waals surface area contributed by atoms with E-state index in [1.54, 1.807) is 0 Å². The second-order valence-electron chi connectivity index (χ2n) is 5.61. The molecule has 1 saturated carbocycles. The van der Waals surface area contributed by atoms with E-state index in [4.69, 9.17) is 17.3 Å². The first kappa shape index (κ1) is 15.8. The van der Waals surface area contributed by atoms with Gasteiger partial charge in [0.25, 0.3) is 0 Å². The highest BCUT2D eigenvalue weighted by molar-refractivity contribution is 7.16. The molecule has 2 rings (SSSR count). The van der Waals surface area contributed by atoms with Gasteiger partial charge in [0.15, 0.2) is 0 Å². The topological polar surface area (TPSA) is 55.1 Å². The summed E-state index contributed by atoms with van der Waals surface area (Å²) in [7, 11) is 0. The number of thiophene rings is 1. The first-order chi connectivity index (χ1) is 9.61. The van der Waals surface area contributed by atoms with Gasteiger partial charge >= 0.3 is 0 Å². The van der Waals surface area contributed by atoms with E-state index >= 15 is 0 Å². The van der Waals surface area contributed by atoms with Crippen LogP contribution in [-0.2, 0) is 4.79 Å². The van der Waals surface area contributed by atoms with Crippen LogP contribution in [0, 0.1) is 5.92 Å². The lowest BCUT2D eigenvalue weighted by molar-refractivity contribution is -0.123. The predicted octanol–water partition coefficient (Wildman–Crippen LogP) is 3.53. The molecule has 3 nitrogen and oxygen atoms in total. The van der Waals surface area contributed by atoms with Crippen LogP contribution < -0.4 is 11.1 Å². The van der Waals surface area contributed by atoms with Crippen molar-refractivity contribution in [2.24, 2.45) is 11.7 Å². The van der Waals surface area contributed by atoms with E-state index in [-0.39, 0.29) is 17.9 Å². The third-order valence-electron chi connectivity index (χ3n) is 4.21. The predicted molar refractivity (Wildman–Crippen MR) is 85.3 cm³/mol. The number of nitrogens with one attached hydrogen (secondary N) is 1. The summed E-state index contributed by atoms with van der Waals surface area (Å²) >= 11 is 7.40. The normalized spacial score (nSPS) is 19.6. The second-order valence-corrected chi connectivity index (χ2v) is 7.36. The van der Waals surface area contributed by atoms with Crippen molar-refractivity contribution in [1.29, 1.82) is 0 Å². The minimum absolute atomic E-state index is 0.0598. The Morgan fingerprint density at radius 1 is 1.45 bits per heavy atom. The Morgan fingerprint density at radius 3 is 2.70 bits per heavy atom. The molecule has 2 atom stereocenters. The molecule has 1 aromatic rings. The van der Waals surface area contributed by atoms with Crippen molar-refractivity contribution >= 4 is 28.8 Å². The van der Waals surface area contributed by atoms with E-state index in [1.807, 2.05) is 19.1 Å². The molecule has 0 aromatic carbocycles. The van der Waals surface area contributed by atoms with Crippen molar-refractivity contribution in [3.63, 3.8) is 0 Å². The van der Waals surface area contributed by atoms with Gasteiger partial charge in [0.2, 0.25) is 5.91 Å². The second kappa shape index (κ2) is 7.43. The highest BCUT2D eigenvalue weighted by Crippen LogP contribution is 2.29. The minimum Gasteiger partial charge on any atom is -0.351 e. The van der Waals surface area contributed by atoms with Gasteiger partial charge < -0.3 is 11.1 Å².